The molecule has 4 rings (SSSR count). The first kappa shape index (κ1) is 25.9. The van der Waals surface area contributed by atoms with Gasteiger partial charge < -0.3 is 19.7 Å². The van der Waals surface area contributed by atoms with Gasteiger partial charge in [-0.2, -0.15) is 0 Å². The van der Waals surface area contributed by atoms with Crippen LogP contribution in [0.3, 0.4) is 0 Å². The molecule has 0 aromatic heterocycles. The van der Waals surface area contributed by atoms with Gasteiger partial charge in [0.05, 0.1) is 19.1 Å². The fraction of sp³-hybridized carbons (Fsp3) is 0.300. The van der Waals surface area contributed by atoms with Crippen LogP contribution in [0.4, 0.5) is 11.4 Å². The molecule has 0 bridgehead atoms. The minimum absolute atomic E-state index is 0.0860. The Hall–Kier alpha value is -4.13. The molecule has 192 valence electrons. The molecular formula is C30H32N2O5. The zero-order valence-electron chi connectivity index (χ0n) is 21.4. The van der Waals surface area contributed by atoms with Gasteiger partial charge in [0.15, 0.2) is 6.61 Å². The normalized spacial score (nSPS) is 17.3. The zero-order valence-corrected chi connectivity index (χ0v) is 21.4. The second kappa shape index (κ2) is 11.7. The number of carbonyl (C=O) groups is 3. The Balaban J connectivity index is 1.57. The molecule has 1 heterocycles. The van der Waals surface area contributed by atoms with Crippen molar-refractivity contribution < 1.29 is 23.9 Å². The smallest absolute Gasteiger partial charge is 0.311 e. The lowest BCUT2D eigenvalue weighted by atomic mass is 9.83. The Morgan fingerprint density at radius 3 is 2.38 bits per heavy atom. The van der Waals surface area contributed by atoms with Crippen molar-refractivity contribution in [3.8, 4) is 5.75 Å². The number of hydrogen-bond acceptors (Lipinski definition) is 5. The zero-order chi connectivity index (χ0) is 26.4. The summed E-state index contributed by atoms with van der Waals surface area (Å²) < 4.78 is 11.1. The van der Waals surface area contributed by atoms with E-state index in [4.69, 9.17) is 9.47 Å². The number of ether oxygens (including phenoxy) is 2. The quantitative estimate of drug-likeness (QED) is 0.428. The van der Waals surface area contributed by atoms with Crippen molar-refractivity contribution in [2.24, 2.45) is 5.92 Å². The van der Waals surface area contributed by atoms with E-state index in [2.05, 4.69) is 12.2 Å². The Kier molecular flexibility index (Phi) is 8.23. The molecular weight excluding hydrogens is 468 g/mol. The van der Waals surface area contributed by atoms with Gasteiger partial charge in [-0.25, -0.2) is 0 Å². The molecule has 1 aliphatic heterocycles. The molecule has 1 saturated heterocycles. The fourth-order valence-corrected chi connectivity index (χ4v) is 4.68. The number of para-hydroxylation sites is 1. The highest BCUT2D eigenvalue weighted by Gasteiger charge is 2.43. The van der Waals surface area contributed by atoms with E-state index in [-0.39, 0.29) is 12.3 Å². The lowest BCUT2D eigenvalue weighted by Gasteiger charge is -2.40. The number of nitrogens with one attached hydrogen (secondary N) is 1. The SMILES string of the molecule is CCc1ccc(NC(=O)COC(=O)[C@@H]2CCC(=O)N(c3ccc(C)cc3)[C@@H]2c2ccccc2OC)cc1. The van der Waals surface area contributed by atoms with Gasteiger partial charge in [0.1, 0.15) is 5.75 Å². The van der Waals surface area contributed by atoms with E-state index in [0.29, 0.717) is 29.1 Å². The number of piperidine rings is 1. The Morgan fingerprint density at radius 1 is 1.00 bits per heavy atom. The summed E-state index contributed by atoms with van der Waals surface area (Å²) in [5.74, 6) is -1.14. The topological polar surface area (TPSA) is 84.9 Å². The van der Waals surface area contributed by atoms with Crippen molar-refractivity contribution in [3.63, 3.8) is 0 Å². The van der Waals surface area contributed by atoms with Crippen molar-refractivity contribution in [2.45, 2.75) is 39.2 Å². The minimum Gasteiger partial charge on any atom is -0.496 e. The monoisotopic (exact) mass is 500 g/mol. The highest BCUT2D eigenvalue weighted by atomic mass is 16.5. The van der Waals surface area contributed by atoms with Crippen LogP contribution in [-0.4, -0.2) is 31.5 Å². The second-order valence-electron chi connectivity index (χ2n) is 9.14. The number of anilines is 2. The lowest BCUT2D eigenvalue weighted by molar-refractivity contribution is -0.153. The van der Waals surface area contributed by atoms with E-state index in [1.807, 2.05) is 73.7 Å². The summed E-state index contributed by atoms with van der Waals surface area (Å²) in [7, 11) is 1.56. The summed E-state index contributed by atoms with van der Waals surface area (Å²) in [4.78, 5) is 40.8. The molecule has 1 aliphatic rings. The number of aryl methyl sites for hydroxylation is 2. The molecule has 0 saturated carbocycles. The number of carbonyl (C=O) groups excluding carboxylic acids is 3. The molecule has 0 radical (unpaired) electrons. The number of rotatable bonds is 8. The molecule has 3 aromatic carbocycles. The molecule has 0 spiro atoms. The van der Waals surface area contributed by atoms with Crippen LogP contribution < -0.4 is 15.0 Å². The van der Waals surface area contributed by atoms with E-state index >= 15 is 0 Å². The predicted octanol–water partition coefficient (Wildman–Crippen LogP) is 5.23. The van der Waals surface area contributed by atoms with E-state index < -0.39 is 30.4 Å². The first-order valence-electron chi connectivity index (χ1n) is 12.5. The maximum atomic E-state index is 13.4. The second-order valence-corrected chi connectivity index (χ2v) is 9.14. The summed E-state index contributed by atoms with van der Waals surface area (Å²) in [6.07, 6.45) is 1.40. The Bertz CT molecular complexity index is 1250. The van der Waals surface area contributed by atoms with Gasteiger partial charge in [0.25, 0.3) is 5.91 Å². The van der Waals surface area contributed by atoms with Crippen molar-refractivity contribution in [1.29, 1.82) is 0 Å². The average molecular weight is 501 g/mol. The van der Waals surface area contributed by atoms with Crippen molar-refractivity contribution in [1.82, 2.24) is 0 Å². The minimum atomic E-state index is -0.674. The summed E-state index contributed by atoms with van der Waals surface area (Å²) in [6.45, 7) is 3.62. The number of benzene rings is 3. The predicted molar refractivity (Wildman–Crippen MR) is 143 cm³/mol. The van der Waals surface area contributed by atoms with E-state index in [9.17, 15) is 14.4 Å². The summed E-state index contributed by atoms with van der Waals surface area (Å²) in [5, 5.41) is 2.76. The van der Waals surface area contributed by atoms with Crippen molar-refractivity contribution >= 4 is 29.2 Å². The van der Waals surface area contributed by atoms with Gasteiger partial charge in [-0.05, 0) is 55.7 Å². The van der Waals surface area contributed by atoms with Crippen LogP contribution in [0.5, 0.6) is 5.75 Å². The van der Waals surface area contributed by atoms with Gasteiger partial charge >= 0.3 is 5.97 Å². The largest absolute Gasteiger partial charge is 0.496 e. The highest BCUT2D eigenvalue weighted by Crippen LogP contribution is 2.43. The van der Waals surface area contributed by atoms with Gasteiger partial charge in [-0.3, -0.25) is 14.4 Å². The number of nitrogens with zero attached hydrogens (tertiary/aromatic N) is 1. The maximum Gasteiger partial charge on any atom is 0.311 e. The molecule has 2 atom stereocenters. The summed E-state index contributed by atoms with van der Waals surface area (Å²) in [6, 6.07) is 21.9. The van der Waals surface area contributed by atoms with Gasteiger partial charge in [-0.1, -0.05) is 55.0 Å². The summed E-state index contributed by atoms with van der Waals surface area (Å²) >= 11 is 0. The van der Waals surface area contributed by atoms with Gasteiger partial charge in [0, 0.05) is 23.4 Å². The van der Waals surface area contributed by atoms with Crippen LogP contribution in [0.2, 0.25) is 0 Å². The lowest BCUT2D eigenvalue weighted by Crippen LogP contribution is -2.46. The standard InChI is InChI=1S/C30H32N2O5/c1-4-21-11-13-22(14-12-21)31-27(33)19-37-30(35)25-17-18-28(34)32(23-15-9-20(2)10-16-23)29(25)24-7-5-6-8-26(24)36-3/h5-16,25,29H,4,17-19H2,1-3H3,(H,31,33)/t25-,29-/m1/s1. The molecule has 1 N–H and O–H groups in total. The van der Waals surface area contributed by atoms with Crippen LogP contribution >= 0.6 is 0 Å². The number of methoxy groups -OCH3 is 1. The van der Waals surface area contributed by atoms with Gasteiger partial charge in [-0.15, -0.1) is 0 Å². The van der Waals surface area contributed by atoms with Crippen LogP contribution in [0, 0.1) is 12.8 Å². The molecule has 37 heavy (non-hydrogen) atoms. The molecule has 0 aliphatic carbocycles. The first-order chi connectivity index (χ1) is 17.9. The fourth-order valence-electron chi connectivity index (χ4n) is 4.68. The molecule has 7 nitrogen and oxygen atoms in total. The third-order valence-corrected chi connectivity index (χ3v) is 6.66. The van der Waals surface area contributed by atoms with E-state index in [0.717, 1.165) is 17.5 Å². The Morgan fingerprint density at radius 2 is 1.70 bits per heavy atom. The van der Waals surface area contributed by atoms with Crippen LogP contribution in [0.15, 0.2) is 72.8 Å². The Labute approximate surface area is 217 Å². The molecule has 7 heteroatoms. The third kappa shape index (κ3) is 6.00. The molecule has 2 amide bonds. The van der Waals surface area contributed by atoms with E-state index in [1.165, 1.54) is 0 Å². The van der Waals surface area contributed by atoms with Crippen LogP contribution in [0.1, 0.15) is 42.5 Å². The highest BCUT2D eigenvalue weighted by molar-refractivity contribution is 5.97. The molecule has 1 fully saturated rings. The molecule has 0 unspecified atom stereocenters. The average Bonchev–Trinajstić information content (AvgIpc) is 2.92. The third-order valence-electron chi connectivity index (χ3n) is 6.66. The van der Waals surface area contributed by atoms with Crippen LogP contribution in [0.25, 0.3) is 0 Å². The van der Waals surface area contributed by atoms with Crippen LogP contribution in [-0.2, 0) is 25.5 Å². The number of esters is 1. The number of hydrogen-bond donors (Lipinski definition) is 1. The summed E-state index contributed by atoms with van der Waals surface area (Å²) in [5.41, 5.74) is 4.27. The first-order valence-corrected chi connectivity index (χ1v) is 12.5. The van der Waals surface area contributed by atoms with Crippen molar-refractivity contribution in [3.05, 3.63) is 89.5 Å². The van der Waals surface area contributed by atoms with Gasteiger partial charge in [0.2, 0.25) is 5.91 Å². The van der Waals surface area contributed by atoms with Crippen molar-refractivity contribution in [2.75, 3.05) is 23.9 Å². The molecule has 3 aromatic rings. The van der Waals surface area contributed by atoms with E-state index in [1.54, 1.807) is 18.1 Å². The number of amides is 2. The maximum absolute atomic E-state index is 13.4.